The van der Waals surface area contributed by atoms with E-state index < -0.39 is 17.3 Å². The number of hydrogen-bond acceptors (Lipinski definition) is 7. The zero-order valence-corrected chi connectivity index (χ0v) is 18.3. The quantitative estimate of drug-likeness (QED) is 0.215. The van der Waals surface area contributed by atoms with Crippen LogP contribution in [-0.4, -0.2) is 33.2 Å². The maximum atomic E-state index is 12.2. The van der Waals surface area contributed by atoms with Gasteiger partial charge in [-0.05, 0) is 43.5 Å². The maximum Gasteiger partial charge on any atom is 0.339 e. The van der Waals surface area contributed by atoms with Crippen molar-refractivity contribution < 1.29 is 18.7 Å². The fourth-order valence-electron chi connectivity index (χ4n) is 4.06. The molecule has 3 heterocycles. The monoisotopic (exact) mass is 458 g/mol. The van der Waals surface area contributed by atoms with E-state index in [1.165, 1.54) is 6.07 Å². The Labute approximate surface area is 194 Å². The van der Waals surface area contributed by atoms with Gasteiger partial charge in [0.15, 0.2) is 0 Å². The molecule has 0 aliphatic carbocycles. The van der Waals surface area contributed by atoms with Crippen molar-refractivity contribution in [2.24, 2.45) is 0 Å². The number of nitrogens with zero attached hydrogens (tertiary/aromatic N) is 4. The van der Waals surface area contributed by atoms with Crippen LogP contribution in [-0.2, 0) is 17.9 Å². The van der Waals surface area contributed by atoms with Gasteiger partial charge < -0.3 is 14.1 Å². The number of ketones is 1. The van der Waals surface area contributed by atoms with Crippen molar-refractivity contribution in [2.45, 2.75) is 32.4 Å². The van der Waals surface area contributed by atoms with E-state index in [0.717, 1.165) is 24.6 Å². The highest BCUT2D eigenvalue weighted by atomic mass is 16.5. The van der Waals surface area contributed by atoms with Crippen molar-refractivity contribution in [1.29, 1.82) is 0 Å². The molecule has 9 nitrogen and oxygen atoms in total. The van der Waals surface area contributed by atoms with E-state index in [4.69, 9.17) is 9.15 Å². The highest BCUT2D eigenvalue weighted by Gasteiger charge is 2.34. The summed E-state index contributed by atoms with van der Waals surface area (Å²) in [5, 5.41) is 8.99. The molecular weight excluding hydrogens is 436 g/mol. The van der Waals surface area contributed by atoms with Gasteiger partial charge in [-0.25, -0.2) is 4.79 Å². The Kier molecular flexibility index (Phi) is 5.90. The molecule has 0 fully saturated rings. The number of fused-ring (bicyclic) bond motifs is 2. The maximum absolute atomic E-state index is 12.2. The molecule has 0 spiro atoms. The number of amides is 1. The summed E-state index contributed by atoms with van der Waals surface area (Å²) in [6.07, 6.45) is 4.32. The van der Waals surface area contributed by atoms with Crippen LogP contribution in [0.15, 0.2) is 70.0 Å². The number of Topliss-reactive ketones (excluding diaryl/α,β-unsaturated/α-hetero) is 1. The topological polar surface area (TPSA) is 108 Å². The second kappa shape index (κ2) is 9.30. The molecule has 9 heteroatoms. The zero-order valence-electron chi connectivity index (χ0n) is 18.3. The van der Waals surface area contributed by atoms with Crippen LogP contribution in [0.1, 0.15) is 35.3 Å². The lowest BCUT2D eigenvalue weighted by Crippen LogP contribution is -2.30. The third-order valence-electron chi connectivity index (χ3n) is 5.72. The lowest BCUT2D eigenvalue weighted by molar-refractivity contribution is -0.114. The molecule has 0 unspecified atom stereocenters. The highest BCUT2D eigenvalue weighted by Crippen LogP contribution is 2.28. The van der Waals surface area contributed by atoms with E-state index >= 15 is 0 Å². The first-order valence-corrected chi connectivity index (χ1v) is 11.1. The Morgan fingerprint density at radius 2 is 1.71 bits per heavy atom. The van der Waals surface area contributed by atoms with Crippen LogP contribution in [0.4, 0.5) is 5.69 Å². The zero-order chi connectivity index (χ0) is 23.5. The minimum Gasteiger partial charge on any atom is -0.486 e. The third-order valence-corrected chi connectivity index (χ3v) is 5.72. The number of carbonyl (C=O) groups excluding carboxylic acids is 2. The van der Waals surface area contributed by atoms with Gasteiger partial charge in [0.05, 0.1) is 28.9 Å². The van der Waals surface area contributed by atoms with Gasteiger partial charge in [-0.3, -0.25) is 14.3 Å². The number of para-hydroxylation sites is 2. The first-order chi connectivity index (χ1) is 16.6. The van der Waals surface area contributed by atoms with Gasteiger partial charge in [0.2, 0.25) is 0 Å². The number of anilines is 1. The van der Waals surface area contributed by atoms with Crippen molar-refractivity contribution in [1.82, 2.24) is 15.0 Å². The van der Waals surface area contributed by atoms with Gasteiger partial charge in [-0.2, -0.15) is 0 Å². The molecule has 0 bridgehead atoms. The fourth-order valence-corrected chi connectivity index (χ4v) is 4.06. The second-order valence-corrected chi connectivity index (χ2v) is 8.05. The predicted molar refractivity (Wildman–Crippen MR) is 124 cm³/mol. The lowest BCUT2D eigenvalue weighted by atomic mass is 10.1. The van der Waals surface area contributed by atoms with Crippen LogP contribution in [0.3, 0.4) is 0 Å². The third kappa shape index (κ3) is 4.32. The summed E-state index contributed by atoms with van der Waals surface area (Å²) < 4.78 is 12.7. The predicted octanol–water partition coefficient (Wildman–Crippen LogP) is 3.36. The van der Waals surface area contributed by atoms with E-state index in [1.54, 1.807) is 33.8 Å². The summed E-state index contributed by atoms with van der Waals surface area (Å²) in [5.41, 5.74) is 1.82. The van der Waals surface area contributed by atoms with Crippen molar-refractivity contribution in [3.8, 4) is 5.75 Å². The Balaban J connectivity index is 1.10. The summed E-state index contributed by atoms with van der Waals surface area (Å²) >= 11 is 0. The van der Waals surface area contributed by atoms with Gasteiger partial charge >= 0.3 is 5.63 Å². The molecule has 1 aliphatic rings. The minimum atomic E-state index is -0.471. The SMILES string of the molecule is O=C1C(=O)N(CCCCCn2cc(COc3cc(=O)oc4ccccc34)nn2)c2ccccc21. The van der Waals surface area contributed by atoms with Gasteiger partial charge in [0.25, 0.3) is 11.7 Å². The molecule has 1 amide bonds. The van der Waals surface area contributed by atoms with Crippen LogP contribution >= 0.6 is 0 Å². The van der Waals surface area contributed by atoms with Gasteiger partial charge in [-0.15, -0.1) is 5.10 Å². The largest absolute Gasteiger partial charge is 0.486 e. The number of ether oxygens (including phenoxy) is 1. The molecule has 0 radical (unpaired) electrons. The number of aromatic nitrogens is 3. The molecule has 0 N–H and O–H groups in total. The molecule has 4 aromatic rings. The van der Waals surface area contributed by atoms with E-state index in [1.807, 2.05) is 30.5 Å². The van der Waals surface area contributed by atoms with Gasteiger partial charge in [0, 0.05) is 13.1 Å². The normalized spacial score (nSPS) is 13.0. The van der Waals surface area contributed by atoms with E-state index in [-0.39, 0.29) is 6.61 Å². The average molecular weight is 458 g/mol. The molecule has 172 valence electrons. The molecule has 34 heavy (non-hydrogen) atoms. The fraction of sp³-hybridized carbons (Fsp3) is 0.240. The Hall–Kier alpha value is -4.27. The number of aryl methyl sites for hydroxylation is 1. The molecule has 0 saturated heterocycles. The van der Waals surface area contributed by atoms with Crippen molar-refractivity contribution >= 4 is 28.3 Å². The Morgan fingerprint density at radius 3 is 2.62 bits per heavy atom. The number of carbonyl (C=O) groups is 2. The first-order valence-electron chi connectivity index (χ1n) is 11.1. The minimum absolute atomic E-state index is 0.179. The number of unbranched alkanes of at least 4 members (excludes halogenated alkanes) is 2. The first kappa shape index (κ1) is 21.6. The second-order valence-electron chi connectivity index (χ2n) is 8.05. The molecular formula is C25H22N4O5. The van der Waals surface area contributed by atoms with Gasteiger partial charge in [0.1, 0.15) is 23.6 Å². The molecule has 0 saturated carbocycles. The van der Waals surface area contributed by atoms with E-state index in [2.05, 4.69) is 10.3 Å². The van der Waals surface area contributed by atoms with Crippen LogP contribution in [0.2, 0.25) is 0 Å². The smallest absolute Gasteiger partial charge is 0.339 e. The van der Waals surface area contributed by atoms with E-state index in [9.17, 15) is 14.4 Å². The highest BCUT2D eigenvalue weighted by molar-refractivity contribution is 6.52. The average Bonchev–Trinajstić information content (AvgIpc) is 3.40. The summed E-state index contributed by atoms with van der Waals surface area (Å²) in [6.45, 7) is 1.36. The molecule has 1 aliphatic heterocycles. The molecule has 2 aromatic heterocycles. The van der Waals surface area contributed by atoms with Crippen molar-refractivity contribution in [3.05, 3.63) is 82.5 Å². The van der Waals surface area contributed by atoms with Crippen molar-refractivity contribution in [2.75, 3.05) is 11.4 Å². The number of rotatable bonds is 9. The van der Waals surface area contributed by atoms with Gasteiger partial charge in [-0.1, -0.05) is 29.5 Å². The molecule has 5 rings (SSSR count). The van der Waals surface area contributed by atoms with Crippen LogP contribution in [0, 0.1) is 0 Å². The Bertz CT molecular complexity index is 1420. The van der Waals surface area contributed by atoms with Crippen LogP contribution in [0.25, 0.3) is 11.0 Å². The van der Waals surface area contributed by atoms with E-state index in [0.29, 0.717) is 41.4 Å². The summed E-state index contributed by atoms with van der Waals surface area (Å²) in [7, 11) is 0. The summed E-state index contributed by atoms with van der Waals surface area (Å²) in [6, 6.07) is 15.6. The number of hydrogen-bond donors (Lipinski definition) is 0. The molecule has 0 atom stereocenters. The number of benzene rings is 2. The standard InChI is InChI=1S/C25H22N4O5/c30-23-14-22(19-9-3-5-11-21(19)34-23)33-16-17-15-28(27-26-17)12-6-1-7-13-29-20-10-4-2-8-18(20)24(31)25(29)32/h2-5,8-11,14-15H,1,6-7,12-13,16H2. The van der Waals surface area contributed by atoms with Crippen molar-refractivity contribution in [3.63, 3.8) is 0 Å². The summed E-state index contributed by atoms with van der Waals surface area (Å²) in [4.78, 5) is 37.6. The van der Waals surface area contributed by atoms with Crippen LogP contribution in [0.5, 0.6) is 5.75 Å². The molecule has 2 aromatic carbocycles. The summed E-state index contributed by atoms with van der Waals surface area (Å²) in [5.74, 6) is -0.443. The lowest BCUT2D eigenvalue weighted by Gasteiger charge is -2.16. The van der Waals surface area contributed by atoms with Crippen LogP contribution < -0.4 is 15.3 Å². The Morgan fingerprint density at radius 1 is 0.912 bits per heavy atom.